The molecule has 2 aromatic carbocycles. The van der Waals surface area contributed by atoms with E-state index >= 15 is 0 Å². The summed E-state index contributed by atoms with van der Waals surface area (Å²) in [6.07, 6.45) is 0. The van der Waals surface area contributed by atoms with Gasteiger partial charge in [-0.1, -0.05) is 12.1 Å². The molecule has 0 aliphatic rings. The van der Waals surface area contributed by atoms with E-state index in [0.29, 0.717) is 11.5 Å². The lowest BCUT2D eigenvalue weighted by atomic mass is 10.1. The largest absolute Gasteiger partial charge is 0.478 e. The quantitative estimate of drug-likeness (QED) is 0.592. The Labute approximate surface area is 124 Å². The van der Waals surface area contributed by atoms with Crippen molar-refractivity contribution in [2.24, 2.45) is 0 Å². The summed E-state index contributed by atoms with van der Waals surface area (Å²) in [6, 6.07) is 11.1. The number of hydrogen-bond donors (Lipinski definition) is 1. The van der Waals surface area contributed by atoms with Crippen LogP contribution in [0.5, 0.6) is 0 Å². The van der Waals surface area contributed by atoms with Crippen LogP contribution in [0.2, 0.25) is 0 Å². The van der Waals surface area contributed by atoms with Crippen molar-refractivity contribution >= 4 is 22.7 Å². The number of carboxylic acid groups (broad SMARTS) is 1. The second-order valence-corrected chi connectivity index (χ2v) is 4.75. The van der Waals surface area contributed by atoms with Crippen LogP contribution in [-0.4, -0.2) is 25.6 Å². The molecule has 0 aliphatic heterocycles. The zero-order valence-electron chi connectivity index (χ0n) is 11.6. The van der Waals surface area contributed by atoms with E-state index in [1.165, 1.54) is 12.1 Å². The highest BCUT2D eigenvalue weighted by Crippen LogP contribution is 2.26. The SMILES string of the molecule is Cc1nc2ccccc2n1-c1ccc([N+](=O)[O-])cc1C(=O)O. The third-order valence-electron chi connectivity index (χ3n) is 3.39. The summed E-state index contributed by atoms with van der Waals surface area (Å²) in [6.45, 7) is 1.76. The number of non-ortho nitro benzene ring substituents is 1. The second kappa shape index (κ2) is 4.96. The van der Waals surface area contributed by atoms with Crippen LogP contribution in [-0.2, 0) is 0 Å². The maximum atomic E-state index is 11.5. The number of nitro benzene ring substituents is 1. The van der Waals surface area contributed by atoms with Crippen LogP contribution in [0.1, 0.15) is 16.2 Å². The first-order valence-corrected chi connectivity index (χ1v) is 6.45. The van der Waals surface area contributed by atoms with Crippen molar-refractivity contribution in [3.05, 3.63) is 64.0 Å². The number of hydrogen-bond acceptors (Lipinski definition) is 4. The van der Waals surface area contributed by atoms with Crippen LogP contribution in [0.25, 0.3) is 16.7 Å². The molecule has 3 aromatic rings. The molecule has 22 heavy (non-hydrogen) atoms. The van der Waals surface area contributed by atoms with Gasteiger partial charge in [-0.15, -0.1) is 0 Å². The van der Waals surface area contributed by atoms with Gasteiger partial charge in [0.05, 0.1) is 27.2 Å². The molecule has 7 nitrogen and oxygen atoms in total. The predicted octanol–water partition coefficient (Wildman–Crippen LogP) is 2.94. The summed E-state index contributed by atoms with van der Waals surface area (Å²) in [5, 5.41) is 20.2. The molecule has 110 valence electrons. The predicted molar refractivity (Wildman–Crippen MR) is 79.4 cm³/mol. The summed E-state index contributed by atoms with van der Waals surface area (Å²) in [4.78, 5) is 26.1. The molecular weight excluding hydrogens is 286 g/mol. The van der Waals surface area contributed by atoms with Crippen molar-refractivity contribution in [2.75, 3.05) is 0 Å². The Bertz CT molecular complexity index is 914. The zero-order chi connectivity index (χ0) is 15.9. The molecule has 0 radical (unpaired) electrons. The summed E-state index contributed by atoms with van der Waals surface area (Å²) in [7, 11) is 0. The molecular formula is C15H11N3O4. The van der Waals surface area contributed by atoms with Crippen LogP contribution < -0.4 is 0 Å². The van der Waals surface area contributed by atoms with Gasteiger partial charge in [0.2, 0.25) is 0 Å². The Balaban J connectivity index is 2.33. The third-order valence-corrected chi connectivity index (χ3v) is 3.39. The minimum absolute atomic E-state index is 0.138. The highest BCUT2D eigenvalue weighted by atomic mass is 16.6. The van der Waals surface area contributed by atoms with Crippen LogP contribution in [0.15, 0.2) is 42.5 Å². The van der Waals surface area contributed by atoms with Crippen molar-refractivity contribution in [1.82, 2.24) is 9.55 Å². The number of aromatic nitrogens is 2. The molecule has 0 saturated heterocycles. The van der Waals surface area contributed by atoms with Crippen LogP contribution in [0, 0.1) is 17.0 Å². The number of fused-ring (bicyclic) bond motifs is 1. The molecule has 1 aromatic heterocycles. The molecule has 0 spiro atoms. The average molecular weight is 297 g/mol. The van der Waals surface area contributed by atoms with E-state index in [1.807, 2.05) is 24.3 Å². The zero-order valence-corrected chi connectivity index (χ0v) is 11.6. The molecule has 0 amide bonds. The van der Waals surface area contributed by atoms with Crippen LogP contribution >= 0.6 is 0 Å². The Morgan fingerprint density at radius 2 is 2.00 bits per heavy atom. The van der Waals surface area contributed by atoms with Crippen molar-refractivity contribution in [3.8, 4) is 5.69 Å². The fourth-order valence-electron chi connectivity index (χ4n) is 2.45. The van der Waals surface area contributed by atoms with Gasteiger partial charge in [0.25, 0.3) is 5.69 Å². The lowest BCUT2D eigenvalue weighted by Crippen LogP contribution is -2.07. The van der Waals surface area contributed by atoms with Gasteiger partial charge in [-0.2, -0.15) is 0 Å². The van der Waals surface area contributed by atoms with Gasteiger partial charge < -0.3 is 5.11 Å². The minimum Gasteiger partial charge on any atom is -0.478 e. The molecule has 0 saturated carbocycles. The normalized spacial score (nSPS) is 10.8. The molecule has 1 N–H and O–H groups in total. The lowest BCUT2D eigenvalue weighted by molar-refractivity contribution is -0.384. The van der Waals surface area contributed by atoms with Crippen LogP contribution in [0.4, 0.5) is 5.69 Å². The first-order chi connectivity index (χ1) is 10.5. The monoisotopic (exact) mass is 297 g/mol. The van der Waals surface area contributed by atoms with Crippen molar-refractivity contribution in [3.63, 3.8) is 0 Å². The van der Waals surface area contributed by atoms with E-state index in [2.05, 4.69) is 4.98 Å². The van der Waals surface area contributed by atoms with Crippen molar-refractivity contribution in [1.29, 1.82) is 0 Å². The number of carbonyl (C=O) groups is 1. The Morgan fingerprint density at radius 3 is 2.68 bits per heavy atom. The molecule has 0 fully saturated rings. The number of benzene rings is 2. The van der Waals surface area contributed by atoms with Gasteiger partial charge in [0.1, 0.15) is 5.82 Å². The fraction of sp³-hybridized carbons (Fsp3) is 0.0667. The smallest absolute Gasteiger partial charge is 0.338 e. The molecule has 7 heteroatoms. The fourth-order valence-corrected chi connectivity index (χ4v) is 2.45. The maximum Gasteiger partial charge on any atom is 0.338 e. The molecule has 0 atom stereocenters. The summed E-state index contributed by atoms with van der Waals surface area (Å²) >= 11 is 0. The molecule has 0 aliphatic carbocycles. The van der Waals surface area contributed by atoms with E-state index < -0.39 is 10.9 Å². The van der Waals surface area contributed by atoms with E-state index in [-0.39, 0.29) is 11.3 Å². The Morgan fingerprint density at radius 1 is 1.27 bits per heavy atom. The maximum absolute atomic E-state index is 11.5. The standard InChI is InChI=1S/C15H11N3O4/c1-9-16-12-4-2-3-5-14(12)17(9)13-7-6-10(18(21)22)8-11(13)15(19)20/h2-8H,1H3,(H,19,20). The van der Waals surface area contributed by atoms with Gasteiger partial charge in [-0.25, -0.2) is 9.78 Å². The lowest BCUT2D eigenvalue weighted by Gasteiger charge is -2.10. The summed E-state index contributed by atoms with van der Waals surface area (Å²) in [5.41, 5.74) is 1.43. The average Bonchev–Trinajstić information content (AvgIpc) is 2.82. The highest BCUT2D eigenvalue weighted by molar-refractivity contribution is 5.94. The topological polar surface area (TPSA) is 98.3 Å². The number of nitro groups is 1. The van der Waals surface area contributed by atoms with E-state index in [9.17, 15) is 20.0 Å². The first-order valence-electron chi connectivity index (χ1n) is 6.45. The Kier molecular flexibility index (Phi) is 3.10. The molecule has 3 rings (SSSR count). The van der Waals surface area contributed by atoms with Gasteiger partial charge in [0.15, 0.2) is 0 Å². The second-order valence-electron chi connectivity index (χ2n) is 4.75. The molecule has 0 bridgehead atoms. The Hall–Kier alpha value is -3.22. The van der Waals surface area contributed by atoms with E-state index in [4.69, 9.17) is 0 Å². The van der Waals surface area contributed by atoms with Gasteiger partial charge in [-0.3, -0.25) is 14.7 Å². The number of aromatic carboxylic acids is 1. The van der Waals surface area contributed by atoms with E-state index in [1.54, 1.807) is 11.5 Å². The number of carboxylic acids is 1. The summed E-state index contributed by atoms with van der Waals surface area (Å²) < 4.78 is 1.68. The van der Waals surface area contributed by atoms with E-state index in [0.717, 1.165) is 17.1 Å². The van der Waals surface area contributed by atoms with Gasteiger partial charge in [-0.05, 0) is 25.1 Å². The van der Waals surface area contributed by atoms with Crippen molar-refractivity contribution < 1.29 is 14.8 Å². The number of para-hydroxylation sites is 2. The first kappa shape index (κ1) is 13.7. The number of imidazole rings is 1. The third kappa shape index (κ3) is 2.08. The van der Waals surface area contributed by atoms with Crippen LogP contribution in [0.3, 0.4) is 0 Å². The van der Waals surface area contributed by atoms with Crippen molar-refractivity contribution in [2.45, 2.75) is 6.92 Å². The number of nitrogens with zero attached hydrogens (tertiary/aromatic N) is 3. The van der Waals surface area contributed by atoms with Gasteiger partial charge in [0, 0.05) is 12.1 Å². The number of rotatable bonds is 3. The summed E-state index contributed by atoms with van der Waals surface area (Å²) in [5.74, 6) is -0.617. The number of aryl methyl sites for hydroxylation is 1. The molecule has 1 heterocycles. The molecule has 0 unspecified atom stereocenters. The van der Waals surface area contributed by atoms with Gasteiger partial charge >= 0.3 is 5.97 Å². The minimum atomic E-state index is -1.23. The highest BCUT2D eigenvalue weighted by Gasteiger charge is 2.19.